The van der Waals surface area contributed by atoms with E-state index in [1.165, 1.54) is 5.69 Å². The van der Waals surface area contributed by atoms with Gasteiger partial charge in [0.25, 0.3) is 0 Å². The average molecular weight is 371 g/mol. The summed E-state index contributed by atoms with van der Waals surface area (Å²) >= 11 is 0. The SMILES string of the molecule is CCN(CC)c1ccc(C2=NN(c3ccccn3)C(c3ccccn3)C2)cc1. The van der Waals surface area contributed by atoms with E-state index in [0.717, 1.165) is 42.3 Å². The average Bonchev–Trinajstić information content (AvgIpc) is 3.22. The third-order valence-electron chi connectivity index (χ3n) is 5.15. The quantitative estimate of drug-likeness (QED) is 0.631. The monoisotopic (exact) mass is 371 g/mol. The molecule has 3 aromatic rings. The number of hydrogen-bond acceptors (Lipinski definition) is 5. The van der Waals surface area contributed by atoms with Crippen molar-refractivity contribution in [1.82, 2.24) is 9.97 Å². The van der Waals surface area contributed by atoms with Crippen LogP contribution in [-0.4, -0.2) is 28.8 Å². The van der Waals surface area contributed by atoms with E-state index in [-0.39, 0.29) is 6.04 Å². The van der Waals surface area contributed by atoms with Crippen LogP contribution >= 0.6 is 0 Å². The molecule has 5 heteroatoms. The van der Waals surface area contributed by atoms with Gasteiger partial charge in [-0.15, -0.1) is 0 Å². The highest BCUT2D eigenvalue weighted by atomic mass is 15.5. The fraction of sp³-hybridized carbons (Fsp3) is 0.261. The Labute approximate surface area is 166 Å². The van der Waals surface area contributed by atoms with Crippen molar-refractivity contribution in [2.75, 3.05) is 23.0 Å². The number of benzene rings is 1. The molecular weight excluding hydrogens is 346 g/mol. The summed E-state index contributed by atoms with van der Waals surface area (Å²) in [6.45, 7) is 6.37. The summed E-state index contributed by atoms with van der Waals surface area (Å²) in [5.41, 5.74) is 4.46. The Bertz CT molecular complexity index is 918. The van der Waals surface area contributed by atoms with Crippen LogP contribution < -0.4 is 9.91 Å². The van der Waals surface area contributed by atoms with E-state index < -0.39 is 0 Å². The first kappa shape index (κ1) is 18.2. The van der Waals surface area contributed by atoms with Gasteiger partial charge in [-0.2, -0.15) is 5.10 Å². The molecule has 2 aromatic heterocycles. The molecule has 4 rings (SSSR count). The van der Waals surface area contributed by atoms with Crippen molar-refractivity contribution in [1.29, 1.82) is 0 Å². The lowest BCUT2D eigenvalue weighted by atomic mass is 10.0. The summed E-state index contributed by atoms with van der Waals surface area (Å²) in [4.78, 5) is 11.4. The largest absolute Gasteiger partial charge is 0.372 e. The van der Waals surface area contributed by atoms with Crippen molar-refractivity contribution in [3.63, 3.8) is 0 Å². The molecule has 0 saturated heterocycles. The topological polar surface area (TPSA) is 44.6 Å². The van der Waals surface area contributed by atoms with Crippen LogP contribution in [0.5, 0.6) is 0 Å². The van der Waals surface area contributed by atoms with Crippen molar-refractivity contribution < 1.29 is 0 Å². The molecular formula is C23H25N5. The first-order valence-electron chi connectivity index (χ1n) is 9.84. The highest BCUT2D eigenvalue weighted by Crippen LogP contribution is 2.35. The highest BCUT2D eigenvalue weighted by Gasteiger charge is 2.31. The highest BCUT2D eigenvalue weighted by molar-refractivity contribution is 6.03. The molecule has 0 N–H and O–H groups in total. The summed E-state index contributed by atoms with van der Waals surface area (Å²) in [5.74, 6) is 0.841. The molecule has 28 heavy (non-hydrogen) atoms. The van der Waals surface area contributed by atoms with E-state index in [9.17, 15) is 0 Å². The molecule has 1 aliphatic heterocycles. The third-order valence-corrected chi connectivity index (χ3v) is 5.15. The van der Waals surface area contributed by atoms with Crippen molar-refractivity contribution in [2.45, 2.75) is 26.3 Å². The van der Waals surface area contributed by atoms with Crippen molar-refractivity contribution in [3.05, 3.63) is 84.3 Å². The van der Waals surface area contributed by atoms with Crippen LogP contribution in [0.1, 0.15) is 37.6 Å². The van der Waals surface area contributed by atoms with E-state index in [2.05, 4.69) is 59.0 Å². The van der Waals surface area contributed by atoms with Crippen molar-refractivity contribution >= 4 is 17.2 Å². The van der Waals surface area contributed by atoms with E-state index in [1.807, 2.05) is 41.5 Å². The van der Waals surface area contributed by atoms with Gasteiger partial charge in [-0.3, -0.25) is 4.98 Å². The second kappa shape index (κ2) is 8.21. The van der Waals surface area contributed by atoms with Crippen LogP contribution in [0.25, 0.3) is 0 Å². The number of anilines is 2. The van der Waals surface area contributed by atoms with Gasteiger partial charge in [0.05, 0.1) is 11.4 Å². The predicted molar refractivity (Wildman–Crippen MR) is 115 cm³/mol. The van der Waals surface area contributed by atoms with Gasteiger partial charge in [-0.1, -0.05) is 24.3 Å². The normalized spacial score (nSPS) is 16.1. The van der Waals surface area contributed by atoms with Crippen LogP contribution in [0.4, 0.5) is 11.5 Å². The summed E-state index contributed by atoms with van der Waals surface area (Å²) in [7, 11) is 0. The maximum Gasteiger partial charge on any atom is 0.149 e. The van der Waals surface area contributed by atoms with Gasteiger partial charge in [0.15, 0.2) is 0 Å². The second-order valence-corrected chi connectivity index (χ2v) is 6.77. The van der Waals surface area contributed by atoms with Crippen LogP contribution in [-0.2, 0) is 0 Å². The van der Waals surface area contributed by atoms with Crippen molar-refractivity contribution in [2.24, 2.45) is 5.10 Å². The molecule has 1 atom stereocenters. The number of aromatic nitrogens is 2. The van der Waals surface area contributed by atoms with E-state index in [1.54, 1.807) is 6.20 Å². The maximum atomic E-state index is 4.94. The lowest BCUT2D eigenvalue weighted by Gasteiger charge is -2.21. The molecule has 0 aliphatic carbocycles. The Balaban J connectivity index is 1.66. The number of hydrazone groups is 1. The Morgan fingerprint density at radius 2 is 1.61 bits per heavy atom. The zero-order valence-corrected chi connectivity index (χ0v) is 16.4. The third kappa shape index (κ3) is 3.60. The minimum Gasteiger partial charge on any atom is -0.372 e. The molecule has 1 aliphatic rings. The van der Waals surface area contributed by atoms with E-state index >= 15 is 0 Å². The van der Waals surface area contributed by atoms with Gasteiger partial charge in [0.2, 0.25) is 0 Å². The molecule has 0 bridgehead atoms. The van der Waals surface area contributed by atoms with Gasteiger partial charge in [0.1, 0.15) is 11.9 Å². The molecule has 0 fully saturated rings. The lowest BCUT2D eigenvalue weighted by molar-refractivity contribution is 0.677. The van der Waals surface area contributed by atoms with E-state index in [0.29, 0.717) is 0 Å². The minimum atomic E-state index is 0.0496. The molecule has 0 saturated carbocycles. The lowest BCUT2D eigenvalue weighted by Crippen LogP contribution is -2.21. The molecule has 0 radical (unpaired) electrons. The summed E-state index contributed by atoms with van der Waals surface area (Å²) in [6.07, 6.45) is 4.44. The standard InChI is InChI=1S/C23H25N5/c1-3-27(4-2)19-13-11-18(12-14-19)21-17-22(20-9-5-7-15-24-20)28(26-21)23-10-6-8-16-25-23/h5-16,22H,3-4,17H2,1-2H3. The molecule has 142 valence electrons. The van der Waals surface area contributed by atoms with Gasteiger partial charge in [-0.05, 0) is 55.8 Å². The van der Waals surface area contributed by atoms with Crippen LogP contribution in [0, 0.1) is 0 Å². The fourth-order valence-electron chi connectivity index (χ4n) is 3.64. The van der Waals surface area contributed by atoms with Gasteiger partial charge in [0, 0.05) is 37.6 Å². The van der Waals surface area contributed by atoms with Crippen LogP contribution in [0.2, 0.25) is 0 Å². The molecule has 1 unspecified atom stereocenters. The molecule has 1 aromatic carbocycles. The zero-order valence-electron chi connectivity index (χ0n) is 16.4. The maximum absolute atomic E-state index is 4.94. The Kier molecular flexibility index (Phi) is 5.33. The summed E-state index contributed by atoms with van der Waals surface area (Å²) in [6, 6.07) is 20.7. The Morgan fingerprint density at radius 3 is 2.21 bits per heavy atom. The van der Waals surface area contributed by atoms with Gasteiger partial charge in [-0.25, -0.2) is 9.99 Å². The number of hydrogen-bond donors (Lipinski definition) is 0. The molecule has 0 spiro atoms. The smallest absolute Gasteiger partial charge is 0.149 e. The Morgan fingerprint density at radius 1 is 0.893 bits per heavy atom. The number of pyridine rings is 2. The van der Waals surface area contributed by atoms with Gasteiger partial charge < -0.3 is 4.90 Å². The van der Waals surface area contributed by atoms with E-state index in [4.69, 9.17) is 5.10 Å². The molecule has 0 amide bonds. The summed E-state index contributed by atoms with van der Waals surface area (Å²) < 4.78 is 0. The Hall–Kier alpha value is -3.21. The second-order valence-electron chi connectivity index (χ2n) is 6.77. The predicted octanol–water partition coefficient (Wildman–Crippen LogP) is 4.68. The van der Waals surface area contributed by atoms with Crippen molar-refractivity contribution in [3.8, 4) is 0 Å². The first-order chi connectivity index (χ1) is 13.8. The first-order valence-corrected chi connectivity index (χ1v) is 9.84. The van der Waals surface area contributed by atoms with Crippen LogP contribution in [0.15, 0.2) is 78.2 Å². The molecule has 5 nitrogen and oxygen atoms in total. The fourth-order valence-corrected chi connectivity index (χ4v) is 3.64. The minimum absolute atomic E-state index is 0.0496. The zero-order chi connectivity index (χ0) is 19.3. The molecule has 3 heterocycles. The number of nitrogens with zero attached hydrogens (tertiary/aromatic N) is 5. The van der Waals surface area contributed by atoms with Crippen LogP contribution in [0.3, 0.4) is 0 Å². The number of rotatable bonds is 6. The van der Waals surface area contributed by atoms with Gasteiger partial charge >= 0.3 is 0 Å². The summed E-state index contributed by atoms with van der Waals surface area (Å²) in [5, 5.41) is 6.93.